The monoisotopic (exact) mass is 490 g/mol. The largest absolute Gasteiger partial charge is 0.483 e. The molecule has 8 heteroatoms. The molecule has 0 radical (unpaired) electrons. The first-order valence-electron chi connectivity index (χ1n) is 8.90. The molecule has 0 atom stereocenters. The van der Waals surface area contributed by atoms with Gasteiger partial charge >= 0.3 is 0 Å². The van der Waals surface area contributed by atoms with Crippen LogP contribution in [-0.2, 0) is 4.79 Å². The Kier molecular flexibility index (Phi) is 7.84. The number of nitrogens with zero attached hydrogens (tertiary/aromatic N) is 1. The standard InChI is InChI=1S/C23H14Cl4N2O2/c24-17-3-1-14(2-4-17)16(12-28)9-15-10-18(25)5-8-22(15)31-13-23(30)29-19-6-7-20(26)21(27)11-19/h1-11H,13H2,(H,29,30)/b16-9+. The van der Waals surface area contributed by atoms with Crippen LogP contribution in [0.5, 0.6) is 5.75 Å². The van der Waals surface area contributed by atoms with Gasteiger partial charge in [-0.15, -0.1) is 0 Å². The molecule has 0 aliphatic heterocycles. The van der Waals surface area contributed by atoms with E-state index in [-0.39, 0.29) is 12.5 Å². The molecule has 1 N–H and O–H groups in total. The van der Waals surface area contributed by atoms with Crippen molar-refractivity contribution in [3.63, 3.8) is 0 Å². The molecular formula is C23H14Cl4N2O2. The molecule has 0 saturated heterocycles. The first-order valence-corrected chi connectivity index (χ1v) is 10.4. The molecular weight excluding hydrogens is 478 g/mol. The van der Waals surface area contributed by atoms with E-state index >= 15 is 0 Å². The zero-order chi connectivity index (χ0) is 22.4. The summed E-state index contributed by atoms with van der Waals surface area (Å²) in [5, 5.41) is 14.0. The van der Waals surface area contributed by atoms with Crippen LogP contribution in [0.25, 0.3) is 11.6 Å². The van der Waals surface area contributed by atoms with Gasteiger partial charge in [0.1, 0.15) is 5.75 Å². The zero-order valence-electron chi connectivity index (χ0n) is 15.8. The lowest BCUT2D eigenvalue weighted by Crippen LogP contribution is -2.20. The molecule has 1 amide bonds. The third-order valence-corrected chi connectivity index (χ3v) is 5.34. The van der Waals surface area contributed by atoms with Crippen molar-refractivity contribution in [2.45, 2.75) is 0 Å². The predicted molar refractivity (Wildman–Crippen MR) is 127 cm³/mol. The van der Waals surface area contributed by atoms with Gasteiger partial charge in [-0.05, 0) is 60.2 Å². The van der Waals surface area contributed by atoms with Gasteiger partial charge in [-0.1, -0.05) is 58.5 Å². The van der Waals surface area contributed by atoms with E-state index in [1.54, 1.807) is 66.7 Å². The average Bonchev–Trinajstić information content (AvgIpc) is 2.74. The van der Waals surface area contributed by atoms with Crippen molar-refractivity contribution in [2.75, 3.05) is 11.9 Å². The number of benzene rings is 3. The van der Waals surface area contributed by atoms with E-state index in [0.717, 1.165) is 0 Å². The van der Waals surface area contributed by atoms with Gasteiger partial charge in [0.2, 0.25) is 0 Å². The van der Waals surface area contributed by atoms with Crippen molar-refractivity contribution >= 4 is 69.6 Å². The summed E-state index contributed by atoms with van der Waals surface area (Å²) in [4.78, 5) is 12.3. The molecule has 0 aliphatic rings. The van der Waals surface area contributed by atoms with Crippen LogP contribution in [0.4, 0.5) is 5.69 Å². The normalized spacial score (nSPS) is 11.0. The molecule has 3 aromatic rings. The smallest absolute Gasteiger partial charge is 0.262 e. The second kappa shape index (κ2) is 10.6. The summed E-state index contributed by atoms with van der Waals surface area (Å²) in [6, 6.07) is 18.7. The molecule has 31 heavy (non-hydrogen) atoms. The van der Waals surface area contributed by atoms with Crippen LogP contribution in [0.3, 0.4) is 0 Å². The molecule has 0 saturated carbocycles. The molecule has 3 rings (SSSR count). The number of allylic oxidation sites excluding steroid dienone is 1. The number of halogens is 4. The molecule has 4 nitrogen and oxygen atoms in total. The van der Waals surface area contributed by atoms with Crippen LogP contribution in [-0.4, -0.2) is 12.5 Å². The van der Waals surface area contributed by atoms with Crippen molar-refractivity contribution in [3.05, 3.63) is 91.9 Å². The number of anilines is 1. The Morgan fingerprint density at radius 3 is 2.32 bits per heavy atom. The fourth-order valence-corrected chi connectivity index (χ4v) is 3.25. The number of carbonyl (C=O) groups excluding carboxylic acids is 1. The van der Waals surface area contributed by atoms with E-state index in [0.29, 0.717) is 48.2 Å². The topological polar surface area (TPSA) is 62.1 Å². The van der Waals surface area contributed by atoms with E-state index in [2.05, 4.69) is 11.4 Å². The van der Waals surface area contributed by atoms with Gasteiger partial charge in [0.15, 0.2) is 6.61 Å². The highest BCUT2D eigenvalue weighted by molar-refractivity contribution is 6.42. The fourth-order valence-electron chi connectivity index (χ4n) is 2.64. The highest BCUT2D eigenvalue weighted by Gasteiger charge is 2.10. The molecule has 0 aromatic heterocycles. The summed E-state index contributed by atoms with van der Waals surface area (Å²) in [5.41, 5.74) is 2.13. The van der Waals surface area contributed by atoms with Crippen LogP contribution in [0, 0.1) is 11.3 Å². The minimum absolute atomic E-state index is 0.258. The fraction of sp³-hybridized carbons (Fsp3) is 0.0435. The maximum absolute atomic E-state index is 12.3. The molecule has 0 unspecified atom stereocenters. The minimum atomic E-state index is -0.388. The number of amides is 1. The van der Waals surface area contributed by atoms with E-state index in [1.807, 2.05) is 0 Å². The number of hydrogen-bond acceptors (Lipinski definition) is 3. The zero-order valence-corrected chi connectivity index (χ0v) is 18.9. The Morgan fingerprint density at radius 2 is 1.65 bits per heavy atom. The van der Waals surface area contributed by atoms with E-state index in [9.17, 15) is 10.1 Å². The SMILES string of the molecule is N#C/C(=C\c1cc(Cl)ccc1OCC(=O)Nc1ccc(Cl)c(Cl)c1)c1ccc(Cl)cc1. The predicted octanol–water partition coefficient (Wildman–Crippen LogP) is 7.38. The number of nitriles is 1. The van der Waals surface area contributed by atoms with Gasteiger partial charge < -0.3 is 10.1 Å². The Labute approximate surface area is 199 Å². The second-order valence-corrected chi connectivity index (χ2v) is 8.01. The van der Waals surface area contributed by atoms with Crippen molar-refractivity contribution < 1.29 is 9.53 Å². The van der Waals surface area contributed by atoms with Crippen molar-refractivity contribution in [1.29, 1.82) is 5.26 Å². The second-order valence-electron chi connectivity index (χ2n) is 6.32. The van der Waals surface area contributed by atoms with Crippen LogP contribution in [0.2, 0.25) is 20.1 Å². The summed E-state index contributed by atoms with van der Waals surface area (Å²) in [6.45, 7) is -0.258. The van der Waals surface area contributed by atoms with Crippen LogP contribution in [0.1, 0.15) is 11.1 Å². The number of rotatable bonds is 6. The summed E-state index contributed by atoms with van der Waals surface area (Å²) in [6.07, 6.45) is 1.64. The van der Waals surface area contributed by atoms with Gasteiger partial charge in [-0.2, -0.15) is 5.26 Å². The summed E-state index contributed by atoms with van der Waals surface area (Å²) in [7, 11) is 0. The Bertz CT molecular complexity index is 1190. The van der Waals surface area contributed by atoms with Crippen molar-refractivity contribution in [2.24, 2.45) is 0 Å². The number of hydrogen-bond donors (Lipinski definition) is 1. The van der Waals surface area contributed by atoms with Crippen LogP contribution < -0.4 is 10.1 Å². The molecule has 0 bridgehead atoms. The highest BCUT2D eigenvalue weighted by Crippen LogP contribution is 2.29. The summed E-state index contributed by atoms with van der Waals surface area (Å²) in [5.74, 6) is 0.0110. The van der Waals surface area contributed by atoms with Crippen molar-refractivity contribution in [1.82, 2.24) is 0 Å². The van der Waals surface area contributed by atoms with Crippen LogP contribution in [0.15, 0.2) is 60.7 Å². The lowest BCUT2D eigenvalue weighted by molar-refractivity contribution is -0.118. The van der Waals surface area contributed by atoms with E-state index < -0.39 is 0 Å². The molecule has 0 fully saturated rings. The Hall–Kier alpha value is -2.68. The minimum Gasteiger partial charge on any atom is -0.483 e. The maximum Gasteiger partial charge on any atom is 0.262 e. The summed E-state index contributed by atoms with van der Waals surface area (Å²) < 4.78 is 5.68. The molecule has 0 heterocycles. The van der Waals surface area contributed by atoms with Gasteiger partial charge in [-0.3, -0.25) is 4.79 Å². The number of carbonyl (C=O) groups is 1. The third-order valence-electron chi connectivity index (χ3n) is 4.11. The number of nitrogens with one attached hydrogen (secondary N) is 1. The maximum atomic E-state index is 12.3. The van der Waals surface area contributed by atoms with Crippen LogP contribution >= 0.6 is 46.4 Å². The van der Waals surface area contributed by atoms with Gasteiger partial charge in [-0.25, -0.2) is 0 Å². The molecule has 0 aliphatic carbocycles. The van der Waals surface area contributed by atoms with E-state index in [4.69, 9.17) is 51.1 Å². The Balaban J connectivity index is 1.78. The average molecular weight is 492 g/mol. The third kappa shape index (κ3) is 6.40. The van der Waals surface area contributed by atoms with Gasteiger partial charge in [0.05, 0.1) is 21.7 Å². The molecule has 156 valence electrons. The lowest BCUT2D eigenvalue weighted by Gasteiger charge is -2.11. The molecule has 3 aromatic carbocycles. The number of ether oxygens (including phenoxy) is 1. The quantitative estimate of drug-likeness (QED) is 0.289. The van der Waals surface area contributed by atoms with Crippen molar-refractivity contribution in [3.8, 4) is 11.8 Å². The van der Waals surface area contributed by atoms with Gasteiger partial charge in [0, 0.05) is 21.3 Å². The molecule has 0 spiro atoms. The van der Waals surface area contributed by atoms with Gasteiger partial charge in [0.25, 0.3) is 5.91 Å². The lowest BCUT2D eigenvalue weighted by atomic mass is 10.0. The van der Waals surface area contributed by atoms with E-state index in [1.165, 1.54) is 0 Å². The first kappa shape index (κ1) is 23.0. The Morgan fingerprint density at radius 1 is 0.935 bits per heavy atom. The summed E-state index contributed by atoms with van der Waals surface area (Å²) >= 11 is 23.9. The first-order chi connectivity index (χ1) is 14.9. The highest BCUT2D eigenvalue weighted by atomic mass is 35.5.